The maximum atomic E-state index is 9.91. The number of nitrogens with zero attached hydrogens (tertiary/aromatic N) is 2. The number of piperidine rings is 3. The third kappa shape index (κ3) is 1.82. The molecule has 6 heterocycles. The van der Waals surface area contributed by atoms with Crippen LogP contribution >= 0.6 is 0 Å². The topological polar surface area (TPSA) is 45.6 Å². The van der Waals surface area contributed by atoms with Crippen LogP contribution < -0.4 is 0 Å². The van der Waals surface area contributed by atoms with Gasteiger partial charge >= 0.3 is 0 Å². The molecule has 1 aromatic heterocycles. The molecule has 0 radical (unpaired) electrons. The van der Waals surface area contributed by atoms with Crippen molar-refractivity contribution in [3.63, 3.8) is 0 Å². The average molecular weight is 310 g/mol. The van der Waals surface area contributed by atoms with Crippen molar-refractivity contribution in [3.05, 3.63) is 36.0 Å². The zero-order valence-electron chi connectivity index (χ0n) is 13.4. The van der Waals surface area contributed by atoms with Crippen LogP contribution in [0, 0.1) is 5.92 Å². The third-order valence-corrected chi connectivity index (χ3v) is 6.35. The fraction of sp³-hybridized carbons (Fsp3) is 0.526. The van der Waals surface area contributed by atoms with Crippen molar-refractivity contribution in [2.75, 3.05) is 13.1 Å². The van der Waals surface area contributed by atoms with Gasteiger partial charge in [0, 0.05) is 24.2 Å². The summed E-state index contributed by atoms with van der Waals surface area (Å²) in [6.45, 7) is 4.55. The number of aromatic nitrogens is 1. The van der Waals surface area contributed by atoms with Gasteiger partial charge in [-0.05, 0) is 61.6 Å². The first-order valence-electron chi connectivity index (χ1n) is 8.70. The third-order valence-electron chi connectivity index (χ3n) is 6.35. The predicted molar refractivity (Wildman–Crippen MR) is 88.3 cm³/mol. The van der Waals surface area contributed by atoms with Crippen LogP contribution in [0.4, 0.5) is 0 Å². The van der Waals surface area contributed by atoms with Crippen LogP contribution in [-0.4, -0.2) is 39.7 Å². The Labute approximate surface area is 136 Å². The second-order valence-electron chi connectivity index (χ2n) is 7.32. The number of pyridine rings is 1. The number of hydrogen-bond donors (Lipinski definition) is 1. The maximum Gasteiger partial charge on any atom is 0.116 e. The zero-order valence-corrected chi connectivity index (χ0v) is 13.4. The quantitative estimate of drug-likeness (QED) is 0.925. The lowest BCUT2D eigenvalue weighted by molar-refractivity contribution is -0.274. The molecule has 5 saturated heterocycles. The van der Waals surface area contributed by atoms with Gasteiger partial charge in [0.25, 0.3) is 0 Å². The predicted octanol–water partition coefficient (Wildman–Crippen LogP) is 3.25. The Morgan fingerprint density at radius 3 is 3.09 bits per heavy atom. The van der Waals surface area contributed by atoms with Crippen molar-refractivity contribution in [2.24, 2.45) is 5.92 Å². The summed E-state index contributed by atoms with van der Waals surface area (Å²) in [7, 11) is 0. The lowest BCUT2D eigenvalue weighted by Gasteiger charge is -2.64. The minimum atomic E-state index is 0.0179. The van der Waals surface area contributed by atoms with E-state index >= 15 is 0 Å². The van der Waals surface area contributed by atoms with Gasteiger partial charge in [0.1, 0.15) is 5.75 Å². The number of fused-ring (bicyclic) bond motifs is 3. The number of hydrogen-bond acceptors (Lipinski definition) is 4. The van der Waals surface area contributed by atoms with Gasteiger partial charge in [-0.1, -0.05) is 6.92 Å². The van der Waals surface area contributed by atoms with E-state index in [0.29, 0.717) is 17.7 Å². The van der Waals surface area contributed by atoms with E-state index in [-0.39, 0.29) is 11.7 Å². The summed E-state index contributed by atoms with van der Waals surface area (Å²) in [5, 5.41) is 10.9. The second-order valence-corrected chi connectivity index (χ2v) is 7.32. The summed E-state index contributed by atoms with van der Waals surface area (Å²) in [4.78, 5) is 7.08. The van der Waals surface area contributed by atoms with Crippen molar-refractivity contribution >= 4 is 10.9 Å². The molecule has 2 aromatic rings. The normalized spacial score (nSPS) is 38.3. The second kappa shape index (κ2) is 4.68. The van der Waals surface area contributed by atoms with Crippen molar-refractivity contribution in [2.45, 2.75) is 43.9 Å². The van der Waals surface area contributed by atoms with Crippen molar-refractivity contribution < 1.29 is 9.84 Å². The molecule has 5 fully saturated rings. The molecule has 0 spiro atoms. The van der Waals surface area contributed by atoms with Crippen molar-refractivity contribution in [1.82, 2.24) is 9.88 Å². The van der Waals surface area contributed by atoms with Gasteiger partial charge in [0.2, 0.25) is 0 Å². The number of morpholine rings is 1. The van der Waals surface area contributed by atoms with E-state index in [1.807, 2.05) is 18.3 Å². The molecule has 4 heteroatoms. The van der Waals surface area contributed by atoms with Crippen LogP contribution in [0.25, 0.3) is 10.9 Å². The lowest BCUT2D eigenvalue weighted by atomic mass is 9.66. The van der Waals surface area contributed by atoms with Gasteiger partial charge in [-0.2, -0.15) is 0 Å². The number of ether oxygens (including phenoxy) is 1. The van der Waals surface area contributed by atoms with Gasteiger partial charge in [0.05, 0.1) is 17.2 Å². The average Bonchev–Trinajstić information content (AvgIpc) is 2.61. The summed E-state index contributed by atoms with van der Waals surface area (Å²) >= 11 is 0. The number of phenolic OH excluding ortho intramolecular Hbond substituents is 1. The van der Waals surface area contributed by atoms with Gasteiger partial charge < -0.3 is 9.84 Å². The van der Waals surface area contributed by atoms with Gasteiger partial charge in [-0.3, -0.25) is 9.88 Å². The van der Waals surface area contributed by atoms with Crippen LogP contribution in [0.3, 0.4) is 0 Å². The van der Waals surface area contributed by atoms with Crippen LogP contribution in [0.5, 0.6) is 5.75 Å². The molecule has 0 amide bonds. The standard InChI is InChI=1S/C19H22N2O2/c1-2-19-11-21-8-6-12(19)9-17(21)18(23-19)14-5-7-20-16-4-3-13(22)10-15(14)16/h3-5,7,10,12,17-18,22H,2,6,8-9,11H2,1H3/t12-,17+,18?,19+/m0/s1. The molecule has 5 atom stereocenters. The molecule has 7 rings (SSSR count). The van der Waals surface area contributed by atoms with Crippen LogP contribution in [0.1, 0.15) is 37.9 Å². The van der Waals surface area contributed by atoms with E-state index in [1.165, 1.54) is 24.9 Å². The molecule has 4 bridgehead atoms. The van der Waals surface area contributed by atoms with Crippen LogP contribution in [0.15, 0.2) is 30.5 Å². The molecular formula is C19H22N2O2. The Hall–Kier alpha value is -1.65. The minimum absolute atomic E-state index is 0.0179. The smallest absolute Gasteiger partial charge is 0.116 e. The van der Waals surface area contributed by atoms with Crippen LogP contribution in [-0.2, 0) is 4.74 Å². The van der Waals surface area contributed by atoms with Crippen molar-refractivity contribution in [3.8, 4) is 5.75 Å². The Balaban J connectivity index is 1.64. The highest BCUT2D eigenvalue weighted by molar-refractivity contribution is 5.83. The Morgan fingerprint density at radius 1 is 1.39 bits per heavy atom. The fourth-order valence-electron chi connectivity index (χ4n) is 5.13. The fourth-order valence-corrected chi connectivity index (χ4v) is 5.13. The Bertz CT molecular complexity index is 777. The molecule has 1 aromatic carbocycles. The van der Waals surface area contributed by atoms with E-state index in [9.17, 15) is 5.11 Å². The highest BCUT2D eigenvalue weighted by Gasteiger charge is 2.58. The molecule has 5 aliphatic heterocycles. The molecule has 5 aliphatic rings. The summed E-state index contributed by atoms with van der Waals surface area (Å²) in [6, 6.07) is 7.96. The van der Waals surface area contributed by atoms with Crippen molar-refractivity contribution in [1.29, 1.82) is 0 Å². The first-order valence-corrected chi connectivity index (χ1v) is 8.70. The molecular weight excluding hydrogens is 288 g/mol. The van der Waals surface area contributed by atoms with E-state index < -0.39 is 0 Å². The van der Waals surface area contributed by atoms with Gasteiger partial charge in [-0.15, -0.1) is 0 Å². The number of aromatic hydroxyl groups is 1. The molecule has 23 heavy (non-hydrogen) atoms. The first-order chi connectivity index (χ1) is 11.2. The number of phenols is 1. The van der Waals surface area contributed by atoms with Crippen LogP contribution in [0.2, 0.25) is 0 Å². The highest BCUT2D eigenvalue weighted by atomic mass is 16.5. The monoisotopic (exact) mass is 310 g/mol. The van der Waals surface area contributed by atoms with E-state index in [0.717, 1.165) is 23.9 Å². The molecule has 4 nitrogen and oxygen atoms in total. The Kier molecular flexibility index (Phi) is 2.80. The molecule has 2 unspecified atom stereocenters. The summed E-state index contributed by atoms with van der Waals surface area (Å²) in [5.41, 5.74) is 2.12. The highest BCUT2D eigenvalue weighted by Crippen LogP contribution is 2.54. The maximum absolute atomic E-state index is 9.91. The SMILES string of the molecule is CC[C@@]12CN3CC[C@H]1C[C@@H]3C(c1ccnc3ccc(O)cc13)O2. The summed E-state index contributed by atoms with van der Waals surface area (Å²) in [5.74, 6) is 1.00. The molecule has 0 aliphatic carbocycles. The summed E-state index contributed by atoms with van der Waals surface area (Å²) in [6.07, 6.45) is 5.54. The minimum Gasteiger partial charge on any atom is -0.508 e. The molecule has 1 N–H and O–H groups in total. The van der Waals surface area contributed by atoms with E-state index in [4.69, 9.17) is 4.74 Å². The molecule has 0 saturated carbocycles. The van der Waals surface area contributed by atoms with Gasteiger partial charge in [-0.25, -0.2) is 0 Å². The van der Waals surface area contributed by atoms with E-state index in [1.54, 1.807) is 6.07 Å². The lowest BCUT2D eigenvalue weighted by Crippen LogP contribution is -2.70. The van der Waals surface area contributed by atoms with Gasteiger partial charge in [0.15, 0.2) is 0 Å². The first kappa shape index (κ1) is 13.8. The largest absolute Gasteiger partial charge is 0.508 e. The summed E-state index contributed by atoms with van der Waals surface area (Å²) < 4.78 is 6.74. The zero-order chi connectivity index (χ0) is 15.6. The Morgan fingerprint density at radius 2 is 2.30 bits per heavy atom. The van der Waals surface area contributed by atoms with E-state index in [2.05, 4.69) is 22.9 Å². The molecule has 120 valence electrons. The number of rotatable bonds is 2. The number of benzene rings is 1.